The molecule has 2 aliphatic rings. The molecule has 0 aromatic heterocycles. The number of hydrogen-bond donors (Lipinski definition) is 4. The number of nitrogens with one attached hydrogen (secondary N) is 4. The molecule has 5 unspecified atom stereocenters. The quantitative estimate of drug-likeness (QED) is 0.137. The van der Waals surface area contributed by atoms with Crippen molar-refractivity contribution in [3.63, 3.8) is 0 Å². The van der Waals surface area contributed by atoms with Crippen LogP contribution in [0.15, 0.2) is 78.9 Å². The van der Waals surface area contributed by atoms with Crippen LogP contribution in [0.2, 0.25) is 0 Å². The fourth-order valence-corrected chi connectivity index (χ4v) is 7.40. The lowest BCUT2D eigenvalue weighted by Gasteiger charge is -2.32. The van der Waals surface area contributed by atoms with Crippen molar-refractivity contribution in [1.82, 2.24) is 21.3 Å². The van der Waals surface area contributed by atoms with Crippen LogP contribution in [0, 0.1) is 5.92 Å². The van der Waals surface area contributed by atoms with E-state index in [1.165, 1.54) is 0 Å². The second kappa shape index (κ2) is 18.9. The summed E-state index contributed by atoms with van der Waals surface area (Å²) in [5.41, 5.74) is 4.42. The lowest BCUT2D eigenvalue weighted by atomic mass is 9.94. The van der Waals surface area contributed by atoms with Crippen molar-refractivity contribution in [1.29, 1.82) is 0 Å². The van der Waals surface area contributed by atoms with E-state index in [-0.39, 0.29) is 50.2 Å². The molecule has 0 radical (unpaired) electrons. The third-order valence-corrected chi connectivity index (χ3v) is 9.90. The van der Waals surface area contributed by atoms with Crippen molar-refractivity contribution in [3.05, 3.63) is 95.6 Å². The van der Waals surface area contributed by atoms with Crippen molar-refractivity contribution < 1.29 is 38.2 Å². The molecular weight excluding hydrogens is 700 g/mol. The van der Waals surface area contributed by atoms with Gasteiger partial charge in [0.25, 0.3) is 0 Å². The van der Waals surface area contributed by atoms with E-state index in [1.807, 2.05) is 87.5 Å². The number of carbonyl (C=O) groups is 5. The number of amides is 4. The molecule has 12 nitrogen and oxygen atoms in total. The van der Waals surface area contributed by atoms with Gasteiger partial charge in [-0.25, -0.2) is 4.79 Å². The van der Waals surface area contributed by atoms with Crippen molar-refractivity contribution in [2.45, 2.75) is 102 Å². The molecule has 3 aromatic rings. The first-order valence-electron chi connectivity index (χ1n) is 19.2. The van der Waals surface area contributed by atoms with Crippen LogP contribution in [-0.2, 0) is 39.8 Å². The highest BCUT2D eigenvalue weighted by Crippen LogP contribution is 2.44. The Morgan fingerprint density at radius 1 is 0.836 bits per heavy atom. The van der Waals surface area contributed by atoms with Gasteiger partial charge in [0.15, 0.2) is 0 Å². The number of rotatable bonds is 17. The Kier molecular flexibility index (Phi) is 14.1. The molecule has 1 aliphatic carbocycles. The van der Waals surface area contributed by atoms with Gasteiger partial charge in [-0.1, -0.05) is 78.9 Å². The number of ether oxygens (including phenoxy) is 3. The molecule has 0 saturated carbocycles. The second-order valence-corrected chi connectivity index (χ2v) is 15.2. The molecule has 1 heterocycles. The van der Waals surface area contributed by atoms with Crippen LogP contribution >= 0.6 is 0 Å². The zero-order valence-corrected chi connectivity index (χ0v) is 32.4. The predicted molar refractivity (Wildman–Crippen MR) is 208 cm³/mol. The summed E-state index contributed by atoms with van der Waals surface area (Å²) in [7, 11) is 0. The minimum atomic E-state index is -1.23. The predicted octanol–water partition coefficient (Wildman–Crippen LogP) is 5.18. The van der Waals surface area contributed by atoms with Crippen molar-refractivity contribution in [2.24, 2.45) is 5.92 Å². The highest BCUT2D eigenvalue weighted by atomic mass is 16.6. The fraction of sp³-hybridized carbons (Fsp3) is 0.465. The summed E-state index contributed by atoms with van der Waals surface area (Å²) in [6.07, 6.45) is -0.239. The minimum absolute atomic E-state index is 0.0496. The maximum absolute atomic E-state index is 14.2. The molecule has 1 fully saturated rings. The highest BCUT2D eigenvalue weighted by molar-refractivity contribution is 5.92. The largest absolute Gasteiger partial charge is 0.466 e. The Bertz CT molecular complexity index is 1760. The monoisotopic (exact) mass is 754 g/mol. The van der Waals surface area contributed by atoms with E-state index < -0.39 is 53.7 Å². The lowest BCUT2D eigenvalue weighted by Crippen LogP contribution is -2.59. The SMILES string of the molecule is CCOC(=O)CCC(CC1CCNC1=O)NC(=O)C(Cc1ccccc1)NC(=O)C(NC(=O)OCC1c2ccccc2-c2ccccc21)C(C)OC(C)(C)C. The molecule has 12 heteroatoms. The van der Waals surface area contributed by atoms with E-state index >= 15 is 0 Å². The summed E-state index contributed by atoms with van der Waals surface area (Å²) >= 11 is 0. The van der Waals surface area contributed by atoms with Gasteiger partial charge in [0.05, 0.1) is 18.3 Å². The molecule has 5 atom stereocenters. The molecule has 1 aliphatic heterocycles. The van der Waals surface area contributed by atoms with Crippen LogP contribution in [0.5, 0.6) is 0 Å². The Morgan fingerprint density at radius 3 is 2.07 bits per heavy atom. The number of alkyl carbamates (subject to hydrolysis) is 1. The van der Waals surface area contributed by atoms with Crippen molar-refractivity contribution in [3.8, 4) is 11.1 Å². The van der Waals surface area contributed by atoms with Crippen LogP contribution in [0.1, 0.15) is 82.9 Å². The zero-order valence-electron chi connectivity index (χ0n) is 32.4. The number of fused-ring (bicyclic) bond motifs is 3. The van der Waals surface area contributed by atoms with Gasteiger partial charge in [-0.2, -0.15) is 0 Å². The average Bonchev–Trinajstić information content (AvgIpc) is 3.70. The van der Waals surface area contributed by atoms with Gasteiger partial charge in [0, 0.05) is 37.3 Å². The lowest BCUT2D eigenvalue weighted by molar-refractivity contribution is -0.143. The summed E-state index contributed by atoms with van der Waals surface area (Å²) in [6, 6.07) is 22.4. The van der Waals surface area contributed by atoms with Gasteiger partial charge in [-0.15, -0.1) is 0 Å². The maximum atomic E-state index is 14.2. The number of carbonyl (C=O) groups excluding carboxylic acids is 5. The first-order valence-corrected chi connectivity index (χ1v) is 19.2. The van der Waals surface area contributed by atoms with E-state index in [2.05, 4.69) is 33.4 Å². The molecule has 55 heavy (non-hydrogen) atoms. The highest BCUT2D eigenvalue weighted by Gasteiger charge is 2.36. The van der Waals surface area contributed by atoms with Crippen LogP contribution in [0.25, 0.3) is 11.1 Å². The van der Waals surface area contributed by atoms with Crippen molar-refractivity contribution in [2.75, 3.05) is 19.8 Å². The third kappa shape index (κ3) is 11.4. The normalized spacial score (nSPS) is 17.1. The molecule has 1 saturated heterocycles. The minimum Gasteiger partial charge on any atom is -0.466 e. The van der Waals surface area contributed by atoms with Gasteiger partial charge in [0.2, 0.25) is 17.7 Å². The molecule has 0 bridgehead atoms. The van der Waals surface area contributed by atoms with Gasteiger partial charge < -0.3 is 35.5 Å². The number of benzene rings is 3. The Labute approximate surface area is 323 Å². The van der Waals surface area contributed by atoms with E-state index in [0.29, 0.717) is 19.4 Å². The first kappa shape index (κ1) is 40.9. The average molecular weight is 755 g/mol. The van der Waals surface area contributed by atoms with Crippen LogP contribution < -0.4 is 21.3 Å². The summed E-state index contributed by atoms with van der Waals surface area (Å²) in [5, 5.41) is 11.5. The van der Waals surface area contributed by atoms with Crippen LogP contribution in [-0.4, -0.2) is 79.4 Å². The van der Waals surface area contributed by atoms with Gasteiger partial charge in [-0.3, -0.25) is 19.2 Å². The van der Waals surface area contributed by atoms with Gasteiger partial charge >= 0.3 is 12.1 Å². The van der Waals surface area contributed by atoms with E-state index in [1.54, 1.807) is 13.8 Å². The van der Waals surface area contributed by atoms with Crippen LogP contribution in [0.3, 0.4) is 0 Å². The molecule has 3 aromatic carbocycles. The van der Waals surface area contributed by atoms with Gasteiger partial charge in [-0.05, 0) is 81.7 Å². The fourth-order valence-electron chi connectivity index (χ4n) is 7.40. The number of esters is 1. The number of hydrogen-bond acceptors (Lipinski definition) is 8. The zero-order chi connectivity index (χ0) is 39.5. The third-order valence-electron chi connectivity index (χ3n) is 9.90. The van der Waals surface area contributed by atoms with E-state index in [0.717, 1.165) is 27.8 Å². The summed E-state index contributed by atoms with van der Waals surface area (Å²) in [4.78, 5) is 66.6. The molecule has 5 rings (SSSR count). The molecule has 294 valence electrons. The smallest absolute Gasteiger partial charge is 0.407 e. The van der Waals surface area contributed by atoms with Crippen molar-refractivity contribution >= 4 is 29.8 Å². The molecule has 4 N–H and O–H groups in total. The summed E-state index contributed by atoms with van der Waals surface area (Å²) in [6.45, 7) is 9.77. The Morgan fingerprint density at radius 2 is 1.47 bits per heavy atom. The second-order valence-electron chi connectivity index (χ2n) is 15.2. The molecule has 0 spiro atoms. The topological polar surface area (TPSA) is 161 Å². The standard InChI is InChI=1S/C43H54N4O8/c1-6-53-37(48)21-20-30(25-29-22-23-44-39(29)49)45-40(50)36(24-28-14-8-7-9-15-28)46-41(51)38(27(2)55-43(3,4)5)47-42(52)54-26-35-33-18-12-10-16-31(33)32-17-11-13-19-34(32)35/h7-19,27,29-30,35-36,38H,6,20-26H2,1-5H3,(H,44,49)(H,45,50)(H,46,51)(H,47,52). The maximum Gasteiger partial charge on any atom is 0.407 e. The molecule has 4 amide bonds. The summed E-state index contributed by atoms with van der Waals surface area (Å²) in [5.74, 6) is -2.13. The van der Waals surface area contributed by atoms with Gasteiger partial charge in [0.1, 0.15) is 18.7 Å². The van der Waals surface area contributed by atoms with Crippen LogP contribution in [0.4, 0.5) is 4.79 Å². The Hall–Kier alpha value is -5.23. The Balaban J connectivity index is 1.33. The van der Waals surface area contributed by atoms with E-state index in [9.17, 15) is 24.0 Å². The first-order chi connectivity index (χ1) is 26.3. The molecular formula is C43H54N4O8. The summed E-state index contributed by atoms with van der Waals surface area (Å²) < 4.78 is 17.1. The van der Waals surface area contributed by atoms with E-state index in [4.69, 9.17) is 14.2 Å².